The van der Waals surface area contributed by atoms with Gasteiger partial charge in [0.05, 0.1) is 18.1 Å². The lowest BCUT2D eigenvalue weighted by Crippen LogP contribution is -2.45. The third-order valence-electron chi connectivity index (χ3n) is 3.50. The van der Waals surface area contributed by atoms with Crippen LogP contribution >= 0.6 is 11.3 Å². The number of nitrogens with one attached hydrogen (secondary N) is 2. The van der Waals surface area contributed by atoms with Crippen molar-refractivity contribution in [3.8, 4) is 0 Å². The molecule has 1 fully saturated rings. The van der Waals surface area contributed by atoms with Crippen LogP contribution in [-0.2, 0) is 16.4 Å². The molecular weight excluding hydrogens is 320 g/mol. The van der Waals surface area contributed by atoms with Gasteiger partial charge in [-0.1, -0.05) is 0 Å². The number of nitrogens with zero attached hydrogens (tertiary/aromatic N) is 2. The molecule has 1 aromatic heterocycles. The first kappa shape index (κ1) is 17.2. The summed E-state index contributed by atoms with van der Waals surface area (Å²) in [6, 6.07) is 2.08. The van der Waals surface area contributed by atoms with E-state index in [1.165, 1.54) is 5.56 Å². The molecule has 124 valence electrons. The van der Waals surface area contributed by atoms with E-state index in [0.717, 1.165) is 25.6 Å². The Kier molecular flexibility index (Phi) is 6.66. The molecule has 1 saturated heterocycles. The van der Waals surface area contributed by atoms with Crippen LogP contribution in [0.3, 0.4) is 0 Å². The maximum Gasteiger partial charge on any atom is 0.191 e. The largest absolute Gasteiger partial charge is 0.357 e. The standard InChI is InChI=1S/C14H24N4O2S2/c1-2-15-14(17-11-13-3-8-21-12-13)16-4-5-18-6-9-22(19,20)10-7-18/h3,8,12H,2,4-7,9-11H2,1H3,(H2,15,16,17). The predicted octanol–water partition coefficient (Wildman–Crippen LogP) is 0.534. The van der Waals surface area contributed by atoms with Crippen molar-refractivity contribution < 1.29 is 8.42 Å². The van der Waals surface area contributed by atoms with Crippen molar-refractivity contribution in [1.29, 1.82) is 0 Å². The quantitative estimate of drug-likeness (QED) is 0.582. The lowest BCUT2D eigenvalue weighted by molar-refractivity contribution is 0.299. The Labute approximate surface area is 136 Å². The second kappa shape index (κ2) is 8.50. The summed E-state index contributed by atoms with van der Waals surface area (Å²) in [6.07, 6.45) is 0. The van der Waals surface area contributed by atoms with Crippen molar-refractivity contribution in [3.05, 3.63) is 22.4 Å². The van der Waals surface area contributed by atoms with Crippen molar-refractivity contribution in [2.24, 2.45) is 4.99 Å². The average molecular weight is 345 g/mol. The molecule has 0 aliphatic carbocycles. The maximum atomic E-state index is 11.4. The summed E-state index contributed by atoms with van der Waals surface area (Å²) < 4.78 is 22.8. The fourth-order valence-electron chi connectivity index (χ4n) is 2.20. The minimum Gasteiger partial charge on any atom is -0.357 e. The van der Waals surface area contributed by atoms with Gasteiger partial charge in [0, 0.05) is 32.7 Å². The molecule has 2 N–H and O–H groups in total. The molecule has 0 amide bonds. The molecule has 0 spiro atoms. The second-order valence-electron chi connectivity index (χ2n) is 5.25. The molecule has 0 unspecified atom stereocenters. The van der Waals surface area contributed by atoms with Crippen molar-refractivity contribution in [1.82, 2.24) is 15.5 Å². The van der Waals surface area contributed by atoms with Crippen LogP contribution in [0.2, 0.25) is 0 Å². The molecule has 0 atom stereocenters. The fraction of sp³-hybridized carbons (Fsp3) is 0.643. The number of sulfone groups is 1. The van der Waals surface area contributed by atoms with Gasteiger partial charge in [-0.25, -0.2) is 13.4 Å². The van der Waals surface area contributed by atoms with Crippen LogP contribution in [0, 0.1) is 0 Å². The maximum absolute atomic E-state index is 11.4. The van der Waals surface area contributed by atoms with Gasteiger partial charge < -0.3 is 10.6 Å². The summed E-state index contributed by atoms with van der Waals surface area (Å²) >= 11 is 1.68. The summed E-state index contributed by atoms with van der Waals surface area (Å²) in [4.78, 5) is 6.73. The topological polar surface area (TPSA) is 73.8 Å². The average Bonchev–Trinajstić information content (AvgIpc) is 3.00. The Hall–Kier alpha value is -1.12. The summed E-state index contributed by atoms with van der Waals surface area (Å²) in [7, 11) is -2.80. The van der Waals surface area contributed by atoms with Gasteiger partial charge >= 0.3 is 0 Å². The van der Waals surface area contributed by atoms with E-state index in [-0.39, 0.29) is 11.5 Å². The second-order valence-corrected chi connectivity index (χ2v) is 8.33. The van der Waals surface area contributed by atoms with E-state index in [9.17, 15) is 8.42 Å². The zero-order chi connectivity index (χ0) is 15.8. The zero-order valence-corrected chi connectivity index (χ0v) is 14.5. The molecule has 1 aromatic rings. The number of rotatable bonds is 6. The first-order valence-electron chi connectivity index (χ1n) is 7.55. The molecule has 6 nitrogen and oxygen atoms in total. The first-order chi connectivity index (χ1) is 10.6. The molecule has 0 bridgehead atoms. The highest BCUT2D eigenvalue weighted by molar-refractivity contribution is 7.91. The van der Waals surface area contributed by atoms with Gasteiger partial charge in [0.2, 0.25) is 0 Å². The normalized spacial score (nSPS) is 19.0. The minimum atomic E-state index is -2.80. The van der Waals surface area contributed by atoms with Crippen LogP contribution < -0.4 is 10.6 Å². The fourth-order valence-corrected chi connectivity index (χ4v) is 4.14. The lowest BCUT2D eigenvalue weighted by atomic mass is 10.3. The molecule has 0 aromatic carbocycles. The van der Waals surface area contributed by atoms with E-state index in [0.29, 0.717) is 19.6 Å². The van der Waals surface area contributed by atoms with Gasteiger partial charge in [-0.15, -0.1) is 0 Å². The Balaban J connectivity index is 1.73. The molecule has 8 heteroatoms. The van der Waals surface area contributed by atoms with Crippen molar-refractivity contribution in [2.75, 3.05) is 44.2 Å². The summed E-state index contributed by atoms with van der Waals surface area (Å²) in [5.41, 5.74) is 1.21. The van der Waals surface area contributed by atoms with Gasteiger partial charge in [-0.3, -0.25) is 4.90 Å². The third kappa shape index (κ3) is 5.94. The molecule has 2 heterocycles. The Bertz CT molecular complexity index is 556. The van der Waals surface area contributed by atoms with Gasteiger partial charge in [0.15, 0.2) is 15.8 Å². The third-order valence-corrected chi connectivity index (χ3v) is 5.84. The van der Waals surface area contributed by atoms with E-state index >= 15 is 0 Å². The van der Waals surface area contributed by atoms with E-state index in [4.69, 9.17) is 0 Å². The van der Waals surface area contributed by atoms with Gasteiger partial charge in [-0.2, -0.15) is 11.3 Å². The van der Waals surface area contributed by atoms with Crippen molar-refractivity contribution >= 4 is 27.1 Å². The molecule has 1 aliphatic rings. The lowest BCUT2D eigenvalue weighted by Gasteiger charge is -2.26. The van der Waals surface area contributed by atoms with Crippen LogP contribution in [0.5, 0.6) is 0 Å². The van der Waals surface area contributed by atoms with Crippen molar-refractivity contribution in [3.63, 3.8) is 0 Å². The molecule has 22 heavy (non-hydrogen) atoms. The minimum absolute atomic E-state index is 0.277. The summed E-state index contributed by atoms with van der Waals surface area (Å²) in [6.45, 7) is 6.38. The van der Waals surface area contributed by atoms with E-state index < -0.39 is 9.84 Å². The number of thiophene rings is 1. The van der Waals surface area contributed by atoms with E-state index in [1.54, 1.807) is 11.3 Å². The first-order valence-corrected chi connectivity index (χ1v) is 10.3. The summed E-state index contributed by atoms with van der Waals surface area (Å²) in [5, 5.41) is 10.7. The number of guanidine groups is 1. The van der Waals surface area contributed by atoms with E-state index in [1.807, 2.05) is 6.92 Å². The van der Waals surface area contributed by atoms with E-state index in [2.05, 4.69) is 37.4 Å². The monoisotopic (exact) mass is 344 g/mol. The highest BCUT2D eigenvalue weighted by atomic mass is 32.2. The number of hydrogen-bond acceptors (Lipinski definition) is 5. The Morgan fingerprint density at radius 2 is 2.14 bits per heavy atom. The smallest absolute Gasteiger partial charge is 0.191 e. The highest BCUT2D eigenvalue weighted by Crippen LogP contribution is 2.06. The number of hydrogen-bond donors (Lipinski definition) is 2. The molecule has 2 rings (SSSR count). The molecule has 0 saturated carbocycles. The van der Waals surface area contributed by atoms with Crippen molar-refractivity contribution in [2.45, 2.75) is 13.5 Å². The van der Waals surface area contributed by atoms with Gasteiger partial charge in [-0.05, 0) is 29.3 Å². The molecule has 0 radical (unpaired) electrons. The van der Waals surface area contributed by atoms with Crippen LogP contribution in [0.15, 0.2) is 21.8 Å². The van der Waals surface area contributed by atoms with Gasteiger partial charge in [0.25, 0.3) is 0 Å². The Morgan fingerprint density at radius 3 is 2.77 bits per heavy atom. The number of aliphatic imine (C=N–C) groups is 1. The van der Waals surface area contributed by atoms with Crippen LogP contribution in [0.25, 0.3) is 0 Å². The van der Waals surface area contributed by atoms with Crippen LogP contribution in [0.1, 0.15) is 12.5 Å². The van der Waals surface area contributed by atoms with Crippen LogP contribution in [-0.4, -0.2) is 63.5 Å². The zero-order valence-electron chi connectivity index (χ0n) is 12.9. The Morgan fingerprint density at radius 1 is 1.36 bits per heavy atom. The predicted molar refractivity (Wildman–Crippen MR) is 92.2 cm³/mol. The summed E-state index contributed by atoms with van der Waals surface area (Å²) in [5.74, 6) is 1.36. The molecular formula is C14H24N4O2S2. The van der Waals surface area contributed by atoms with Gasteiger partial charge in [0.1, 0.15) is 0 Å². The van der Waals surface area contributed by atoms with Crippen LogP contribution in [0.4, 0.5) is 0 Å². The highest BCUT2D eigenvalue weighted by Gasteiger charge is 2.20. The SMILES string of the molecule is CCNC(=NCc1ccsc1)NCCN1CCS(=O)(=O)CC1. The molecule has 1 aliphatic heterocycles.